The summed E-state index contributed by atoms with van der Waals surface area (Å²) in [6, 6.07) is 11.0. The summed E-state index contributed by atoms with van der Waals surface area (Å²) in [7, 11) is 1.73. The van der Waals surface area contributed by atoms with Gasteiger partial charge in [0, 0.05) is 12.4 Å². The molecule has 2 heterocycles. The van der Waals surface area contributed by atoms with Gasteiger partial charge < -0.3 is 14.7 Å². The number of halogens is 1. The Morgan fingerprint density at radius 1 is 1.32 bits per heavy atom. The zero-order valence-corrected chi connectivity index (χ0v) is 10.9. The Morgan fingerprint density at radius 3 is 2.74 bits per heavy atom. The van der Waals surface area contributed by atoms with Gasteiger partial charge in [0.1, 0.15) is 5.69 Å². The summed E-state index contributed by atoms with van der Waals surface area (Å²) in [6.07, 6.45) is 0. The molecule has 2 aromatic heterocycles. The van der Waals surface area contributed by atoms with E-state index in [4.69, 9.17) is 16.7 Å². The number of aromatic amines is 1. The van der Waals surface area contributed by atoms with Gasteiger partial charge in [0.05, 0.1) is 21.9 Å². The molecular formula is C14H11ClN2O2. The summed E-state index contributed by atoms with van der Waals surface area (Å²) in [6.45, 7) is 0. The summed E-state index contributed by atoms with van der Waals surface area (Å²) in [4.78, 5) is 14.3. The van der Waals surface area contributed by atoms with Gasteiger partial charge in [-0.25, -0.2) is 4.79 Å². The van der Waals surface area contributed by atoms with Crippen molar-refractivity contribution in [3.8, 4) is 11.4 Å². The van der Waals surface area contributed by atoms with Crippen LogP contribution in [0.1, 0.15) is 10.5 Å². The van der Waals surface area contributed by atoms with E-state index in [2.05, 4.69) is 4.98 Å². The molecule has 0 unspecified atom stereocenters. The molecule has 3 aromatic rings. The van der Waals surface area contributed by atoms with E-state index in [1.165, 1.54) is 0 Å². The number of hydrogen-bond donors (Lipinski definition) is 2. The van der Waals surface area contributed by atoms with Crippen LogP contribution in [-0.2, 0) is 7.05 Å². The van der Waals surface area contributed by atoms with Crippen molar-refractivity contribution < 1.29 is 9.90 Å². The number of benzene rings is 1. The maximum absolute atomic E-state index is 11.0. The van der Waals surface area contributed by atoms with Gasteiger partial charge in [-0.15, -0.1) is 0 Å². The predicted octanol–water partition coefficient (Wildman–Crippen LogP) is 3.53. The van der Waals surface area contributed by atoms with Gasteiger partial charge in [-0.1, -0.05) is 23.7 Å². The van der Waals surface area contributed by atoms with Crippen molar-refractivity contribution in [2.45, 2.75) is 0 Å². The van der Waals surface area contributed by atoms with Gasteiger partial charge in [0.15, 0.2) is 0 Å². The van der Waals surface area contributed by atoms with Crippen LogP contribution < -0.4 is 0 Å². The highest BCUT2D eigenvalue weighted by Gasteiger charge is 2.14. The number of aromatic carboxylic acids is 1. The second-order valence-corrected chi connectivity index (χ2v) is 4.76. The van der Waals surface area contributed by atoms with Gasteiger partial charge in [-0.3, -0.25) is 0 Å². The molecule has 3 rings (SSSR count). The first kappa shape index (κ1) is 11.9. The van der Waals surface area contributed by atoms with E-state index in [0.717, 1.165) is 22.3 Å². The molecule has 19 heavy (non-hydrogen) atoms. The molecule has 4 nitrogen and oxygen atoms in total. The van der Waals surface area contributed by atoms with Crippen molar-refractivity contribution in [3.05, 3.63) is 47.1 Å². The lowest BCUT2D eigenvalue weighted by molar-refractivity contribution is 0.0687. The van der Waals surface area contributed by atoms with Crippen molar-refractivity contribution >= 4 is 28.5 Å². The average molecular weight is 275 g/mol. The number of carboxylic acid groups (broad SMARTS) is 1. The smallest absolute Gasteiger partial charge is 0.352 e. The van der Waals surface area contributed by atoms with E-state index < -0.39 is 5.97 Å². The first-order valence-electron chi connectivity index (χ1n) is 5.74. The number of H-pyrrole nitrogens is 1. The molecule has 1 aromatic carbocycles. The fraction of sp³-hybridized carbons (Fsp3) is 0.0714. The highest BCUT2D eigenvalue weighted by molar-refractivity contribution is 6.35. The Balaban J connectivity index is 2.20. The van der Waals surface area contributed by atoms with Crippen LogP contribution in [0.4, 0.5) is 0 Å². The van der Waals surface area contributed by atoms with Crippen LogP contribution >= 0.6 is 11.6 Å². The largest absolute Gasteiger partial charge is 0.477 e. The number of nitrogens with one attached hydrogen (secondary N) is 1. The third-order valence-corrected chi connectivity index (χ3v) is 3.54. The molecule has 0 bridgehead atoms. The molecular weight excluding hydrogens is 264 g/mol. The van der Waals surface area contributed by atoms with E-state index in [1.807, 2.05) is 24.3 Å². The van der Waals surface area contributed by atoms with E-state index in [1.54, 1.807) is 23.7 Å². The molecule has 0 aliphatic heterocycles. The zero-order chi connectivity index (χ0) is 13.6. The lowest BCUT2D eigenvalue weighted by Gasteiger charge is -2.02. The van der Waals surface area contributed by atoms with Gasteiger partial charge >= 0.3 is 5.97 Å². The minimum atomic E-state index is -0.942. The van der Waals surface area contributed by atoms with Gasteiger partial charge in [0.25, 0.3) is 0 Å². The fourth-order valence-electron chi connectivity index (χ4n) is 2.25. The van der Waals surface area contributed by atoms with Crippen LogP contribution in [0.3, 0.4) is 0 Å². The second kappa shape index (κ2) is 4.17. The topological polar surface area (TPSA) is 58.0 Å². The molecule has 0 spiro atoms. The molecule has 96 valence electrons. The normalized spacial score (nSPS) is 11.1. The van der Waals surface area contributed by atoms with Crippen molar-refractivity contribution in [3.63, 3.8) is 0 Å². The Hall–Kier alpha value is -2.20. The number of nitrogens with zero attached hydrogens (tertiary/aromatic N) is 1. The van der Waals surface area contributed by atoms with Crippen LogP contribution in [0.2, 0.25) is 5.02 Å². The summed E-state index contributed by atoms with van der Waals surface area (Å²) < 4.78 is 1.64. The Labute approximate surface area is 114 Å². The van der Waals surface area contributed by atoms with Gasteiger partial charge in [-0.05, 0) is 24.3 Å². The average Bonchev–Trinajstić information content (AvgIpc) is 2.93. The minimum Gasteiger partial charge on any atom is -0.477 e. The van der Waals surface area contributed by atoms with Crippen LogP contribution in [0.15, 0.2) is 36.4 Å². The van der Waals surface area contributed by atoms with E-state index in [-0.39, 0.29) is 5.69 Å². The van der Waals surface area contributed by atoms with E-state index in [0.29, 0.717) is 5.02 Å². The number of rotatable bonds is 2. The third kappa shape index (κ3) is 1.81. The highest BCUT2D eigenvalue weighted by atomic mass is 35.5. The summed E-state index contributed by atoms with van der Waals surface area (Å²) in [5.41, 5.74) is 2.76. The highest BCUT2D eigenvalue weighted by Crippen LogP contribution is 2.29. The molecule has 0 atom stereocenters. The number of fused-ring (bicyclic) bond motifs is 1. The molecule has 0 amide bonds. The molecule has 0 saturated heterocycles. The minimum absolute atomic E-state index is 0.250. The lowest BCUT2D eigenvalue weighted by atomic mass is 10.2. The molecule has 0 aliphatic rings. The quantitative estimate of drug-likeness (QED) is 0.751. The Morgan fingerprint density at radius 2 is 2.11 bits per heavy atom. The SMILES string of the molecule is Cn1c(C(=O)O)ccc1-c1cc2cccc(Cl)c2[nH]1. The van der Waals surface area contributed by atoms with Crippen LogP contribution in [0.25, 0.3) is 22.3 Å². The third-order valence-electron chi connectivity index (χ3n) is 3.22. The summed E-state index contributed by atoms with van der Waals surface area (Å²) in [5.74, 6) is -0.942. The molecule has 0 saturated carbocycles. The van der Waals surface area contributed by atoms with E-state index in [9.17, 15) is 4.79 Å². The molecule has 0 aliphatic carbocycles. The lowest BCUT2D eigenvalue weighted by Crippen LogP contribution is -2.05. The van der Waals surface area contributed by atoms with Gasteiger partial charge in [-0.2, -0.15) is 0 Å². The maximum atomic E-state index is 11.0. The Kier molecular flexibility index (Phi) is 2.61. The zero-order valence-electron chi connectivity index (χ0n) is 10.1. The number of para-hydroxylation sites is 1. The van der Waals surface area contributed by atoms with Crippen molar-refractivity contribution in [2.75, 3.05) is 0 Å². The first-order valence-corrected chi connectivity index (χ1v) is 6.12. The standard InChI is InChI=1S/C14H11ClN2O2/c1-17-11(5-6-12(17)14(18)19)10-7-8-3-2-4-9(15)13(8)16-10/h2-7,16H,1H3,(H,18,19). The van der Waals surface area contributed by atoms with Crippen LogP contribution in [0, 0.1) is 0 Å². The van der Waals surface area contributed by atoms with Crippen molar-refractivity contribution in [1.82, 2.24) is 9.55 Å². The van der Waals surface area contributed by atoms with E-state index >= 15 is 0 Å². The number of aromatic nitrogens is 2. The number of carbonyl (C=O) groups is 1. The summed E-state index contributed by atoms with van der Waals surface area (Å²) >= 11 is 6.12. The van der Waals surface area contributed by atoms with Crippen molar-refractivity contribution in [1.29, 1.82) is 0 Å². The number of hydrogen-bond acceptors (Lipinski definition) is 1. The van der Waals surface area contributed by atoms with Crippen LogP contribution in [-0.4, -0.2) is 20.6 Å². The molecule has 5 heteroatoms. The number of carboxylic acids is 1. The molecule has 0 radical (unpaired) electrons. The Bertz CT molecular complexity index is 786. The molecule has 2 N–H and O–H groups in total. The van der Waals surface area contributed by atoms with Crippen molar-refractivity contribution in [2.24, 2.45) is 7.05 Å². The fourth-order valence-corrected chi connectivity index (χ4v) is 2.48. The summed E-state index contributed by atoms with van der Waals surface area (Å²) in [5, 5.41) is 10.7. The monoisotopic (exact) mass is 274 g/mol. The molecule has 0 fully saturated rings. The predicted molar refractivity (Wildman–Crippen MR) is 74.7 cm³/mol. The first-order chi connectivity index (χ1) is 9.08. The van der Waals surface area contributed by atoms with Gasteiger partial charge in [0.2, 0.25) is 0 Å². The second-order valence-electron chi connectivity index (χ2n) is 4.36. The van der Waals surface area contributed by atoms with Crippen LogP contribution in [0.5, 0.6) is 0 Å². The maximum Gasteiger partial charge on any atom is 0.352 e.